The van der Waals surface area contributed by atoms with Crippen molar-refractivity contribution in [1.29, 1.82) is 10.5 Å². The van der Waals surface area contributed by atoms with Crippen molar-refractivity contribution in [2.24, 2.45) is 0 Å². The first-order chi connectivity index (χ1) is 9.21. The number of hydrogen-bond donors (Lipinski definition) is 1. The van der Waals surface area contributed by atoms with Crippen LogP contribution in [0.25, 0.3) is 0 Å². The third-order valence-electron chi connectivity index (χ3n) is 2.24. The monoisotopic (exact) mass is 255 g/mol. The van der Waals surface area contributed by atoms with Gasteiger partial charge >= 0.3 is 5.97 Å². The minimum atomic E-state index is -0.654. The van der Waals surface area contributed by atoms with Crippen LogP contribution in [-0.4, -0.2) is 12.6 Å². The van der Waals surface area contributed by atoms with Crippen molar-refractivity contribution in [1.82, 2.24) is 0 Å². The van der Waals surface area contributed by atoms with Gasteiger partial charge in [0.15, 0.2) is 5.57 Å². The molecule has 0 saturated heterocycles. The highest BCUT2D eigenvalue weighted by Crippen LogP contribution is 2.10. The fraction of sp³-hybridized carbons (Fsp3) is 0.214. The molecular formula is C14H13N3O2. The van der Waals surface area contributed by atoms with Gasteiger partial charge in [-0.2, -0.15) is 10.5 Å². The highest BCUT2D eigenvalue weighted by molar-refractivity contribution is 5.93. The van der Waals surface area contributed by atoms with Gasteiger partial charge in [0.2, 0.25) is 0 Å². The summed E-state index contributed by atoms with van der Waals surface area (Å²) >= 11 is 0. The summed E-state index contributed by atoms with van der Waals surface area (Å²) in [7, 11) is 0. The first-order valence-corrected chi connectivity index (χ1v) is 5.71. The van der Waals surface area contributed by atoms with Gasteiger partial charge in [0, 0.05) is 11.9 Å². The lowest BCUT2D eigenvalue weighted by atomic mass is 10.1. The molecule has 0 unspecified atom stereocenters. The van der Waals surface area contributed by atoms with Crippen LogP contribution in [0.4, 0.5) is 5.69 Å². The number of esters is 1. The maximum Gasteiger partial charge on any atom is 0.350 e. The molecule has 0 amide bonds. The Morgan fingerprint density at radius 1 is 1.37 bits per heavy atom. The molecule has 1 N–H and O–H groups in total. The maximum absolute atomic E-state index is 11.3. The number of rotatable bonds is 5. The molecule has 0 saturated carbocycles. The Bertz CT molecular complexity index is 548. The van der Waals surface area contributed by atoms with E-state index in [2.05, 4.69) is 11.4 Å². The Morgan fingerprint density at radius 2 is 2.05 bits per heavy atom. The van der Waals surface area contributed by atoms with Gasteiger partial charge in [-0.1, -0.05) is 12.1 Å². The fourth-order valence-corrected chi connectivity index (χ4v) is 1.31. The van der Waals surface area contributed by atoms with E-state index >= 15 is 0 Å². The third kappa shape index (κ3) is 4.53. The van der Waals surface area contributed by atoms with E-state index in [1.807, 2.05) is 0 Å². The number of benzene rings is 1. The lowest BCUT2D eigenvalue weighted by Gasteiger charge is -2.03. The van der Waals surface area contributed by atoms with Gasteiger partial charge in [-0.3, -0.25) is 0 Å². The molecular weight excluding hydrogens is 242 g/mol. The van der Waals surface area contributed by atoms with E-state index in [1.165, 1.54) is 6.20 Å². The molecule has 1 aromatic rings. The average Bonchev–Trinajstić information content (AvgIpc) is 2.42. The van der Waals surface area contributed by atoms with E-state index in [0.29, 0.717) is 6.42 Å². The van der Waals surface area contributed by atoms with Crippen LogP contribution in [0, 0.1) is 22.7 Å². The summed E-state index contributed by atoms with van der Waals surface area (Å²) in [6, 6.07) is 11.0. The lowest BCUT2D eigenvalue weighted by molar-refractivity contribution is -0.138. The van der Waals surface area contributed by atoms with Crippen LogP contribution in [0.2, 0.25) is 0 Å². The summed E-state index contributed by atoms with van der Waals surface area (Å²) in [5.74, 6) is -0.654. The maximum atomic E-state index is 11.3. The molecule has 19 heavy (non-hydrogen) atoms. The summed E-state index contributed by atoms with van der Waals surface area (Å²) in [4.78, 5) is 11.3. The highest BCUT2D eigenvalue weighted by Gasteiger charge is 2.08. The predicted molar refractivity (Wildman–Crippen MR) is 69.7 cm³/mol. The molecule has 0 heterocycles. The van der Waals surface area contributed by atoms with E-state index in [0.717, 1.165) is 11.3 Å². The number of nitriles is 2. The van der Waals surface area contributed by atoms with E-state index in [9.17, 15) is 4.79 Å². The molecule has 1 aromatic carbocycles. The molecule has 0 bridgehead atoms. The summed E-state index contributed by atoms with van der Waals surface area (Å²) in [6.45, 7) is 1.90. The number of carbonyl (C=O) groups is 1. The molecule has 0 atom stereocenters. The number of nitrogens with zero attached hydrogens (tertiary/aromatic N) is 2. The second-order valence-corrected chi connectivity index (χ2v) is 3.57. The van der Waals surface area contributed by atoms with E-state index < -0.39 is 5.97 Å². The Morgan fingerprint density at radius 3 is 2.58 bits per heavy atom. The second-order valence-electron chi connectivity index (χ2n) is 3.57. The second kappa shape index (κ2) is 7.52. The Kier molecular flexibility index (Phi) is 5.65. The molecule has 96 valence electrons. The largest absolute Gasteiger partial charge is 0.462 e. The van der Waals surface area contributed by atoms with Crippen molar-refractivity contribution in [2.75, 3.05) is 11.9 Å². The number of carbonyl (C=O) groups excluding carboxylic acids is 1. The van der Waals surface area contributed by atoms with Crippen molar-refractivity contribution < 1.29 is 9.53 Å². The molecule has 5 nitrogen and oxygen atoms in total. The van der Waals surface area contributed by atoms with Gasteiger partial charge in [0.05, 0.1) is 19.1 Å². The van der Waals surface area contributed by atoms with Gasteiger partial charge in [-0.15, -0.1) is 0 Å². The molecule has 5 heteroatoms. The van der Waals surface area contributed by atoms with Crippen molar-refractivity contribution in [3.63, 3.8) is 0 Å². The van der Waals surface area contributed by atoms with E-state index in [1.54, 1.807) is 37.3 Å². The number of nitrogens with one attached hydrogen (secondary N) is 1. The van der Waals surface area contributed by atoms with Gasteiger partial charge in [-0.25, -0.2) is 4.79 Å². The molecule has 0 aliphatic rings. The molecule has 0 fully saturated rings. The summed E-state index contributed by atoms with van der Waals surface area (Å²) in [5, 5.41) is 20.2. The zero-order valence-corrected chi connectivity index (χ0v) is 10.5. The van der Waals surface area contributed by atoms with Gasteiger partial charge in [0.25, 0.3) is 0 Å². The highest BCUT2D eigenvalue weighted by atomic mass is 16.5. The van der Waals surface area contributed by atoms with Crippen LogP contribution in [0.3, 0.4) is 0 Å². The summed E-state index contributed by atoms with van der Waals surface area (Å²) in [5.41, 5.74) is 1.53. The van der Waals surface area contributed by atoms with Crippen molar-refractivity contribution in [2.45, 2.75) is 13.3 Å². The first kappa shape index (κ1) is 14.3. The van der Waals surface area contributed by atoms with Crippen molar-refractivity contribution in [3.8, 4) is 12.1 Å². The Balaban J connectivity index is 2.71. The molecule has 0 aromatic heterocycles. The molecule has 0 aliphatic carbocycles. The van der Waals surface area contributed by atoms with Crippen LogP contribution in [0.15, 0.2) is 36.0 Å². The third-order valence-corrected chi connectivity index (χ3v) is 2.24. The minimum absolute atomic E-state index is 0.0945. The SMILES string of the molecule is CCOC(=O)/C(C#N)=C/Nc1ccc(CC#N)cc1. The molecule has 0 aliphatic heterocycles. The van der Waals surface area contributed by atoms with Crippen molar-refractivity contribution in [3.05, 3.63) is 41.6 Å². The topological polar surface area (TPSA) is 85.9 Å². The molecule has 1 rings (SSSR count). The average molecular weight is 255 g/mol. The lowest BCUT2D eigenvalue weighted by Crippen LogP contribution is -2.07. The van der Waals surface area contributed by atoms with Gasteiger partial charge in [-0.05, 0) is 24.6 Å². The summed E-state index contributed by atoms with van der Waals surface area (Å²) in [6.07, 6.45) is 1.65. The van der Waals surface area contributed by atoms with E-state index in [4.69, 9.17) is 15.3 Å². The fourth-order valence-electron chi connectivity index (χ4n) is 1.31. The zero-order valence-electron chi connectivity index (χ0n) is 10.5. The van der Waals surface area contributed by atoms with Crippen LogP contribution in [0.5, 0.6) is 0 Å². The van der Waals surface area contributed by atoms with Crippen LogP contribution >= 0.6 is 0 Å². The van der Waals surface area contributed by atoms with Crippen LogP contribution in [0.1, 0.15) is 12.5 Å². The minimum Gasteiger partial charge on any atom is -0.462 e. The number of anilines is 1. The molecule has 0 radical (unpaired) electrons. The van der Waals surface area contributed by atoms with Crippen molar-refractivity contribution >= 4 is 11.7 Å². The predicted octanol–water partition coefficient (Wildman–Crippen LogP) is 2.14. The Labute approximate surface area is 111 Å². The number of hydrogen-bond acceptors (Lipinski definition) is 5. The van der Waals surface area contributed by atoms with Gasteiger partial charge in [0.1, 0.15) is 6.07 Å². The van der Waals surface area contributed by atoms with Crippen LogP contribution in [-0.2, 0) is 16.0 Å². The van der Waals surface area contributed by atoms with Crippen LogP contribution < -0.4 is 5.32 Å². The van der Waals surface area contributed by atoms with Gasteiger partial charge < -0.3 is 10.1 Å². The Hall–Kier alpha value is -2.79. The summed E-state index contributed by atoms with van der Waals surface area (Å²) < 4.78 is 4.73. The zero-order chi connectivity index (χ0) is 14.1. The first-order valence-electron chi connectivity index (χ1n) is 5.71. The number of ether oxygens (including phenoxy) is 1. The normalized spacial score (nSPS) is 10.2. The standard InChI is InChI=1S/C14H13N3O2/c1-2-19-14(18)12(9-16)10-17-13-5-3-11(4-6-13)7-8-15/h3-6,10,17H,2,7H2,1H3/b12-10+. The quantitative estimate of drug-likeness (QED) is 0.495. The molecule has 0 spiro atoms. The van der Waals surface area contributed by atoms with E-state index in [-0.39, 0.29) is 12.2 Å². The smallest absolute Gasteiger partial charge is 0.350 e.